The molecule has 3 atom stereocenters. The highest BCUT2D eigenvalue weighted by molar-refractivity contribution is 7.37. The summed E-state index contributed by atoms with van der Waals surface area (Å²) in [6, 6.07) is 0.387. The van der Waals surface area contributed by atoms with E-state index in [2.05, 4.69) is 0 Å². The predicted octanol–water partition coefficient (Wildman–Crippen LogP) is 1.63. The molecule has 12 heavy (non-hydrogen) atoms. The summed E-state index contributed by atoms with van der Waals surface area (Å²) in [6.07, 6.45) is 5.88. The van der Waals surface area contributed by atoms with E-state index in [0.717, 1.165) is 31.6 Å². The lowest BCUT2D eigenvalue weighted by molar-refractivity contribution is 0.472. The van der Waals surface area contributed by atoms with Crippen LogP contribution in [0.5, 0.6) is 0 Å². The van der Waals surface area contributed by atoms with E-state index in [1.807, 2.05) is 0 Å². The van der Waals surface area contributed by atoms with Gasteiger partial charge in [0.2, 0.25) is 0 Å². The van der Waals surface area contributed by atoms with Crippen LogP contribution in [0.1, 0.15) is 32.1 Å². The molecule has 1 fully saturated rings. The van der Waals surface area contributed by atoms with Crippen molar-refractivity contribution in [3.63, 3.8) is 0 Å². The van der Waals surface area contributed by atoms with Crippen LogP contribution in [0, 0.1) is 5.92 Å². The largest absolute Gasteiger partial charge is 0.505 e. The van der Waals surface area contributed by atoms with Crippen LogP contribution < -0.4 is 5.73 Å². The molecule has 3 N–H and O–H groups in total. The maximum absolute atomic E-state index is 10.4. The van der Waals surface area contributed by atoms with Gasteiger partial charge in [0.15, 0.2) is 6.16 Å². The minimum atomic E-state index is -1.91. The van der Waals surface area contributed by atoms with Crippen LogP contribution in [0.2, 0.25) is 0 Å². The Morgan fingerprint density at radius 2 is 2.25 bits per heavy atom. The minimum absolute atomic E-state index is 0.387. The highest BCUT2D eigenvalue weighted by Crippen LogP contribution is 2.29. The first kappa shape index (κ1) is 10.1. The van der Waals surface area contributed by atoms with Crippen molar-refractivity contribution in [1.82, 2.24) is 0 Å². The molecule has 0 aromatic rings. The van der Waals surface area contributed by atoms with Gasteiger partial charge in [0, 0.05) is 6.04 Å². The van der Waals surface area contributed by atoms with E-state index in [1.54, 1.807) is 0 Å². The van der Waals surface area contributed by atoms with Gasteiger partial charge >= 0.3 is 8.03 Å². The van der Waals surface area contributed by atoms with Gasteiger partial charge in [-0.05, 0) is 42.6 Å². The third-order valence-corrected chi connectivity index (χ3v) is 3.24. The fourth-order valence-corrected chi connectivity index (χ4v) is 2.34. The van der Waals surface area contributed by atoms with Gasteiger partial charge in [0.05, 0.1) is 0 Å². The summed E-state index contributed by atoms with van der Waals surface area (Å²) in [5.41, 5.74) is 5.75. The average molecular weight is 190 g/mol. The van der Waals surface area contributed by atoms with Gasteiger partial charge < -0.3 is 5.73 Å². The molecule has 1 aliphatic carbocycles. The molecule has 4 heteroatoms. The zero-order valence-corrected chi connectivity index (χ0v) is 8.17. The molecule has 0 amide bonds. The van der Waals surface area contributed by atoms with Crippen molar-refractivity contribution in [2.45, 2.75) is 38.1 Å². The molecular formula is C8H17NO2P+. The van der Waals surface area contributed by atoms with E-state index < -0.39 is 8.03 Å². The second-order valence-electron chi connectivity index (χ2n) is 3.66. The Kier molecular flexibility index (Phi) is 4.13. The normalized spacial score (nSPS) is 30.7. The van der Waals surface area contributed by atoms with E-state index in [1.165, 1.54) is 6.42 Å². The molecule has 0 heterocycles. The van der Waals surface area contributed by atoms with Gasteiger partial charge in [-0.15, -0.1) is 0 Å². The quantitative estimate of drug-likeness (QED) is 0.662. The van der Waals surface area contributed by atoms with E-state index in [9.17, 15) is 4.57 Å². The van der Waals surface area contributed by atoms with Crippen LogP contribution in [-0.4, -0.2) is 17.1 Å². The lowest BCUT2D eigenvalue weighted by Crippen LogP contribution is -2.14. The third kappa shape index (κ3) is 3.61. The smallest absolute Gasteiger partial charge is 0.328 e. The molecule has 0 bridgehead atoms. The van der Waals surface area contributed by atoms with Crippen LogP contribution in [0.3, 0.4) is 0 Å². The first-order chi connectivity index (χ1) is 5.68. The zero-order valence-electron chi connectivity index (χ0n) is 7.28. The summed E-state index contributed by atoms with van der Waals surface area (Å²) in [6.45, 7) is 0. The molecule has 1 rings (SSSR count). The van der Waals surface area contributed by atoms with E-state index in [4.69, 9.17) is 10.6 Å². The van der Waals surface area contributed by atoms with Crippen molar-refractivity contribution in [3.05, 3.63) is 0 Å². The van der Waals surface area contributed by atoms with Crippen molar-refractivity contribution < 1.29 is 9.46 Å². The summed E-state index contributed by atoms with van der Waals surface area (Å²) >= 11 is 0. The average Bonchev–Trinajstić information content (AvgIpc) is 2.35. The number of hydrogen-bond acceptors (Lipinski definition) is 2. The number of nitrogens with two attached hydrogens (primary N) is 1. The van der Waals surface area contributed by atoms with Gasteiger partial charge in [0.1, 0.15) is 0 Å². The fraction of sp³-hybridized carbons (Fsp3) is 1.00. The lowest BCUT2D eigenvalue weighted by atomic mass is 10.0. The monoisotopic (exact) mass is 190 g/mol. The molecule has 1 saturated carbocycles. The number of rotatable bonds is 4. The molecule has 0 saturated heterocycles. The second-order valence-corrected chi connectivity index (χ2v) is 4.81. The predicted molar refractivity (Wildman–Crippen MR) is 49.2 cm³/mol. The van der Waals surface area contributed by atoms with Crippen LogP contribution in [0.25, 0.3) is 0 Å². The lowest BCUT2D eigenvalue weighted by Gasteiger charge is -2.05. The topological polar surface area (TPSA) is 63.3 Å². The first-order valence-electron chi connectivity index (χ1n) is 4.57. The maximum atomic E-state index is 10.4. The highest BCUT2D eigenvalue weighted by atomic mass is 31.1. The Balaban J connectivity index is 2.04. The van der Waals surface area contributed by atoms with Gasteiger partial charge in [-0.25, -0.2) is 0 Å². The Labute approximate surface area is 74.2 Å². The zero-order chi connectivity index (χ0) is 8.97. The van der Waals surface area contributed by atoms with Gasteiger partial charge in [-0.2, -0.15) is 4.89 Å². The van der Waals surface area contributed by atoms with Crippen LogP contribution in [-0.2, 0) is 4.57 Å². The van der Waals surface area contributed by atoms with Crippen molar-refractivity contribution in [3.8, 4) is 0 Å². The van der Waals surface area contributed by atoms with Crippen LogP contribution >= 0.6 is 8.03 Å². The molecule has 70 valence electrons. The summed E-state index contributed by atoms with van der Waals surface area (Å²) in [7, 11) is -1.91. The summed E-state index contributed by atoms with van der Waals surface area (Å²) in [5.74, 6) is 0.718. The molecule has 0 aromatic carbocycles. The molecule has 1 unspecified atom stereocenters. The van der Waals surface area contributed by atoms with Crippen LogP contribution in [0.15, 0.2) is 0 Å². The standard InChI is InChI=1S/C8H16NO2P/c9-8-4-3-7(6-8)2-1-5-12(10)11/h7-8H,1-6,9H2/p+1/t7-,8-/m1/s1. The second kappa shape index (κ2) is 4.90. The maximum Gasteiger partial charge on any atom is 0.505 e. The minimum Gasteiger partial charge on any atom is -0.328 e. The molecule has 0 spiro atoms. The molecule has 0 aliphatic heterocycles. The van der Waals surface area contributed by atoms with Crippen molar-refractivity contribution in [1.29, 1.82) is 0 Å². The Morgan fingerprint density at radius 3 is 2.75 bits per heavy atom. The van der Waals surface area contributed by atoms with Gasteiger partial charge in [-0.1, -0.05) is 0 Å². The first-order valence-corrected chi connectivity index (χ1v) is 5.97. The molecule has 3 nitrogen and oxygen atoms in total. The van der Waals surface area contributed by atoms with Crippen molar-refractivity contribution in [2.24, 2.45) is 11.7 Å². The summed E-state index contributed by atoms with van der Waals surface area (Å²) < 4.78 is 10.4. The number of hydrogen-bond donors (Lipinski definition) is 2. The Hall–Kier alpha value is 0.0200. The third-order valence-electron chi connectivity index (χ3n) is 2.54. The highest BCUT2D eigenvalue weighted by Gasteiger charge is 2.22. The van der Waals surface area contributed by atoms with E-state index in [-0.39, 0.29) is 0 Å². The SMILES string of the molecule is N[C@@H]1CC[C@@H](CCC[P+](=O)O)C1. The molecular weight excluding hydrogens is 173 g/mol. The molecule has 0 radical (unpaired) electrons. The van der Waals surface area contributed by atoms with E-state index >= 15 is 0 Å². The Morgan fingerprint density at radius 1 is 1.50 bits per heavy atom. The molecule has 1 aliphatic rings. The van der Waals surface area contributed by atoms with E-state index in [0.29, 0.717) is 12.2 Å². The van der Waals surface area contributed by atoms with Crippen molar-refractivity contribution in [2.75, 3.05) is 6.16 Å². The molecule has 0 aromatic heterocycles. The van der Waals surface area contributed by atoms with Crippen molar-refractivity contribution >= 4 is 8.03 Å². The Bertz CT molecular complexity index is 163. The fourth-order valence-electron chi connectivity index (χ4n) is 1.89. The van der Waals surface area contributed by atoms with Gasteiger partial charge in [0.25, 0.3) is 0 Å². The van der Waals surface area contributed by atoms with Gasteiger partial charge in [-0.3, -0.25) is 0 Å². The van der Waals surface area contributed by atoms with Crippen LogP contribution in [0.4, 0.5) is 0 Å². The summed E-state index contributed by atoms with van der Waals surface area (Å²) in [5, 5.41) is 0. The summed E-state index contributed by atoms with van der Waals surface area (Å²) in [4.78, 5) is 8.56.